The van der Waals surface area contributed by atoms with Crippen molar-refractivity contribution < 1.29 is 4.79 Å². The number of amidine groups is 2. The summed E-state index contributed by atoms with van der Waals surface area (Å²) in [5.74, 6) is 0.126. The summed E-state index contributed by atoms with van der Waals surface area (Å²) < 4.78 is 2.18. The third kappa shape index (κ3) is 3.82. The predicted octanol–water partition coefficient (Wildman–Crippen LogP) is 5.91. The van der Waals surface area contributed by atoms with Crippen molar-refractivity contribution in [1.29, 1.82) is 5.41 Å². The summed E-state index contributed by atoms with van der Waals surface area (Å²) in [6.45, 7) is 8.32. The Kier molecular flexibility index (Phi) is 5.29. The van der Waals surface area contributed by atoms with Gasteiger partial charge in [0.05, 0.1) is 5.57 Å². The SMILES string of the molecule is Cc1cc(/C=C2\C(=N)N3N=C(CC(C)C)SC3=NC2=O)c(C)n1-c1ccc2ccccc2c1. The number of benzene rings is 2. The van der Waals surface area contributed by atoms with Gasteiger partial charge in [-0.3, -0.25) is 10.2 Å². The molecule has 0 aliphatic carbocycles. The predicted molar refractivity (Wildman–Crippen MR) is 137 cm³/mol. The van der Waals surface area contributed by atoms with Crippen LogP contribution in [0.5, 0.6) is 0 Å². The van der Waals surface area contributed by atoms with Crippen molar-refractivity contribution in [3.8, 4) is 5.69 Å². The van der Waals surface area contributed by atoms with E-state index in [1.165, 1.54) is 27.5 Å². The number of carbonyl (C=O) groups is 1. The largest absolute Gasteiger partial charge is 0.318 e. The van der Waals surface area contributed by atoms with Crippen LogP contribution in [0.2, 0.25) is 0 Å². The fourth-order valence-electron chi connectivity index (χ4n) is 4.27. The molecule has 0 bridgehead atoms. The molecular weight excluding hydrogens is 430 g/mol. The van der Waals surface area contributed by atoms with Gasteiger partial charge in [-0.05, 0) is 72.1 Å². The number of aromatic nitrogens is 1. The van der Waals surface area contributed by atoms with Crippen molar-refractivity contribution in [2.24, 2.45) is 16.0 Å². The van der Waals surface area contributed by atoms with Gasteiger partial charge in [-0.15, -0.1) is 0 Å². The number of hydrogen-bond acceptors (Lipinski definition) is 4. The maximum absolute atomic E-state index is 12.8. The lowest BCUT2D eigenvalue weighted by molar-refractivity contribution is -0.114. The summed E-state index contributed by atoms with van der Waals surface area (Å²) in [4.78, 5) is 17.0. The van der Waals surface area contributed by atoms with Crippen LogP contribution in [0.3, 0.4) is 0 Å². The first-order chi connectivity index (χ1) is 15.8. The van der Waals surface area contributed by atoms with E-state index in [-0.39, 0.29) is 11.4 Å². The van der Waals surface area contributed by atoms with E-state index in [2.05, 4.69) is 58.8 Å². The number of carbonyl (C=O) groups excluding carboxylic acids is 1. The monoisotopic (exact) mass is 455 g/mol. The lowest BCUT2D eigenvalue weighted by Crippen LogP contribution is -2.35. The van der Waals surface area contributed by atoms with Gasteiger partial charge in [-0.25, -0.2) is 0 Å². The third-order valence-electron chi connectivity index (χ3n) is 5.84. The molecule has 0 spiro atoms. The molecule has 166 valence electrons. The Morgan fingerprint density at radius 3 is 2.61 bits per heavy atom. The van der Waals surface area contributed by atoms with Crippen molar-refractivity contribution in [3.05, 3.63) is 71.1 Å². The second-order valence-corrected chi connectivity index (χ2v) is 9.85. The Bertz CT molecular complexity index is 1410. The molecule has 1 aromatic heterocycles. The topological polar surface area (TPSA) is 73.8 Å². The molecule has 3 heterocycles. The lowest BCUT2D eigenvalue weighted by Gasteiger charge is -2.20. The number of nitrogens with one attached hydrogen (secondary N) is 1. The molecule has 0 fully saturated rings. The van der Waals surface area contributed by atoms with E-state index in [1.54, 1.807) is 6.08 Å². The van der Waals surface area contributed by atoms with Crippen molar-refractivity contribution in [2.75, 3.05) is 0 Å². The van der Waals surface area contributed by atoms with Crippen LogP contribution in [-0.4, -0.2) is 31.5 Å². The fraction of sp³-hybridized carbons (Fsp3) is 0.231. The molecule has 0 atom stereocenters. The number of aliphatic imine (C=N–C) groups is 1. The van der Waals surface area contributed by atoms with Crippen LogP contribution in [0.1, 0.15) is 37.2 Å². The Balaban J connectivity index is 1.52. The maximum Gasteiger partial charge on any atom is 0.283 e. The van der Waals surface area contributed by atoms with Gasteiger partial charge in [0.1, 0.15) is 5.04 Å². The third-order valence-corrected chi connectivity index (χ3v) is 6.77. The Morgan fingerprint density at radius 1 is 1.09 bits per heavy atom. The summed E-state index contributed by atoms with van der Waals surface area (Å²) in [7, 11) is 0. The first-order valence-electron chi connectivity index (χ1n) is 11.0. The molecule has 2 aliphatic rings. The number of aryl methyl sites for hydroxylation is 1. The molecule has 2 aliphatic heterocycles. The summed E-state index contributed by atoms with van der Waals surface area (Å²) in [5.41, 5.74) is 4.28. The quantitative estimate of drug-likeness (QED) is 0.497. The van der Waals surface area contributed by atoms with Gasteiger partial charge in [-0.1, -0.05) is 44.2 Å². The first-order valence-corrected chi connectivity index (χ1v) is 11.8. The molecule has 0 unspecified atom stereocenters. The van der Waals surface area contributed by atoms with Gasteiger partial charge in [0, 0.05) is 23.5 Å². The van der Waals surface area contributed by atoms with Crippen LogP contribution >= 0.6 is 11.8 Å². The number of hydrogen-bond donors (Lipinski definition) is 1. The minimum Gasteiger partial charge on any atom is -0.318 e. The minimum atomic E-state index is -0.393. The van der Waals surface area contributed by atoms with Gasteiger partial charge in [0.2, 0.25) is 5.17 Å². The van der Waals surface area contributed by atoms with Crippen LogP contribution in [0.4, 0.5) is 0 Å². The fourth-order valence-corrected chi connectivity index (χ4v) is 5.36. The van der Waals surface area contributed by atoms with Gasteiger partial charge in [-0.2, -0.15) is 15.1 Å². The molecule has 1 N–H and O–H groups in total. The molecule has 2 aromatic carbocycles. The second-order valence-electron chi connectivity index (χ2n) is 8.81. The number of fused-ring (bicyclic) bond motifs is 2. The zero-order valence-electron chi connectivity index (χ0n) is 19.1. The Labute approximate surface area is 197 Å². The van der Waals surface area contributed by atoms with Gasteiger partial charge in [0.25, 0.3) is 5.91 Å². The van der Waals surface area contributed by atoms with Gasteiger partial charge >= 0.3 is 0 Å². The number of amides is 1. The number of nitrogens with zero attached hydrogens (tertiary/aromatic N) is 4. The standard InChI is InChI=1S/C26H25N5OS/c1-15(2)11-23-29-31-24(27)22(25(32)28-26(31)33-23)14-20-12-16(3)30(17(20)4)21-10-9-18-7-5-6-8-19(18)13-21/h5-10,12-15,27H,11H2,1-4H3/b22-14+,27-24?. The molecule has 7 heteroatoms. The molecule has 33 heavy (non-hydrogen) atoms. The van der Waals surface area contributed by atoms with E-state index in [0.717, 1.165) is 34.1 Å². The maximum atomic E-state index is 12.8. The highest BCUT2D eigenvalue weighted by Gasteiger charge is 2.35. The Hall–Kier alpha value is -3.45. The van der Waals surface area contributed by atoms with Crippen molar-refractivity contribution >= 4 is 50.6 Å². The summed E-state index contributed by atoms with van der Waals surface area (Å²) in [6.07, 6.45) is 2.57. The Morgan fingerprint density at radius 2 is 1.85 bits per heavy atom. The van der Waals surface area contributed by atoms with E-state index in [9.17, 15) is 4.79 Å². The van der Waals surface area contributed by atoms with E-state index >= 15 is 0 Å². The average Bonchev–Trinajstić information content (AvgIpc) is 3.29. The normalized spacial score (nSPS) is 17.2. The van der Waals surface area contributed by atoms with Crippen LogP contribution in [0.15, 0.2) is 64.2 Å². The molecular formula is C26H25N5OS. The average molecular weight is 456 g/mol. The summed E-state index contributed by atoms with van der Waals surface area (Å²) in [6, 6.07) is 16.7. The molecule has 0 radical (unpaired) electrons. The van der Waals surface area contributed by atoms with E-state index in [1.807, 2.05) is 32.0 Å². The van der Waals surface area contributed by atoms with Crippen molar-refractivity contribution in [2.45, 2.75) is 34.1 Å². The lowest BCUT2D eigenvalue weighted by atomic mass is 10.1. The molecule has 3 aromatic rings. The molecule has 1 amide bonds. The highest BCUT2D eigenvalue weighted by molar-refractivity contribution is 8.26. The van der Waals surface area contributed by atoms with Crippen LogP contribution < -0.4 is 0 Å². The minimum absolute atomic E-state index is 0.0757. The van der Waals surface area contributed by atoms with Gasteiger partial charge < -0.3 is 4.57 Å². The van der Waals surface area contributed by atoms with Crippen LogP contribution in [-0.2, 0) is 4.79 Å². The molecule has 0 saturated heterocycles. The molecule has 5 rings (SSSR count). The summed E-state index contributed by atoms with van der Waals surface area (Å²) >= 11 is 1.38. The second kappa shape index (κ2) is 8.15. The zero-order chi connectivity index (χ0) is 23.3. The van der Waals surface area contributed by atoms with Crippen molar-refractivity contribution in [1.82, 2.24) is 9.58 Å². The first kappa shape index (κ1) is 21.4. The highest BCUT2D eigenvalue weighted by Crippen LogP contribution is 2.32. The van der Waals surface area contributed by atoms with Crippen molar-refractivity contribution in [3.63, 3.8) is 0 Å². The van der Waals surface area contributed by atoms with E-state index in [0.29, 0.717) is 11.1 Å². The highest BCUT2D eigenvalue weighted by atomic mass is 32.2. The van der Waals surface area contributed by atoms with E-state index < -0.39 is 5.91 Å². The number of rotatable bonds is 4. The summed E-state index contributed by atoms with van der Waals surface area (Å²) in [5, 5.41) is 18.4. The van der Waals surface area contributed by atoms with Crippen LogP contribution in [0, 0.1) is 25.2 Å². The van der Waals surface area contributed by atoms with Crippen LogP contribution in [0.25, 0.3) is 22.5 Å². The molecule has 6 nitrogen and oxygen atoms in total. The molecule has 0 saturated carbocycles. The number of hydrazone groups is 1. The zero-order valence-corrected chi connectivity index (χ0v) is 19.9. The van der Waals surface area contributed by atoms with Gasteiger partial charge in [0.15, 0.2) is 5.84 Å². The van der Waals surface area contributed by atoms with E-state index in [4.69, 9.17) is 5.41 Å². The smallest absolute Gasteiger partial charge is 0.283 e. The number of thioether (sulfide) groups is 1.